The van der Waals surface area contributed by atoms with Crippen molar-refractivity contribution < 1.29 is 9.53 Å². The number of hydrogen-bond acceptors (Lipinski definition) is 4. The lowest BCUT2D eigenvalue weighted by Crippen LogP contribution is -2.17. The molecule has 1 amide bonds. The number of aryl methyl sites for hydroxylation is 2. The van der Waals surface area contributed by atoms with E-state index in [0.29, 0.717) is 30.3 Å². The van der Waals surface area contributed by atoms with Gasteiger partial charge in [-0.3, -0.25) is 9.48 Å². The van der Waals surface area contributed by atoms with E-state index in [9.17, 15) is 4.79 Å². The Bertz CT molecular complexity index is 823. The van der Waals surface area contributed by atoms with Gasteiger partial charge in [-0.05, 0) is 25.1 Å². The highest BCUT2D eigenvalue weighted by atomic mass is 16.5. The fraction of sp³-hybridized carbons (Fsp3) is 0.235. The maximum absolute atomic E-state index is 12.4. The van der Waals surface area contributed by atoms with Crippen LogP contribution in [0, 0.1) is 6.92 Å². The number of aromatic nitrogens is 4. The van der Waals surface area contributed by atoms with Gasteiger partial charge in [0.15, 0.2) is 0 Å². The number of hydrogen-bond donors (Lipinski definition) is 1. The van der Waals surface area contributed by atoms with E-state index in [1.54, 1.807) is 30.3 Å². The normalized spacial score (nSPS) is 10.6. The van der Waals surface area contributed by atoms with E-state index in [2.05, 4.69) is 15.4 Å². The van der Waals surface area contributed by atoms with Crippen LogP contribution in [-0.4, -0.2) is 31.8 Å². The van der Waals surface area contributed by atoms with E-state index in [0.717, 1.165) is 5.69 Å². The van der Waals surface area contributed by atoms with E-state index in [1.807, 2.05) is 42.0 Å². The number of ether oxygens (including phenoxy) is 1. The molecule has 0 aliphatic heterocycles. The van der Waals surface area contributed by atoms with Gasteiger partial charge < -0.3 is 14.6 Å². The molecule has 124 valence electrons. The van der Waals surface area contributed by atoms with Gasteiger partial charge >= 0.3 is 0 Å². The van der Waals surface area contributed by atoms with E-state index < -0.39 is 0 Å². The number of carbonyl (C=O) groups excluding carboxylic acids is 1. The first kappa shape index (κ1) is 15.8. The average molecular weight is 325 g/mol. The third kappa shape index (κ3) is 3.62. The second kappa shape index (κ2) is 6.99. The first-order valence-electron chi connectivity index (χ1n) is 7.63. The number of imidazole rings is 1. The van der Waals surface area contributed by atoms with E-state index in [-0.39, 0.29) is 5.91 Å². The minimum atomic E-state index is -0.219. The molecule has 3 aromatic rings. The molecule has 0 saturated carbocycles. The smallest absolute Gasteiger partial charge is 0.274 e. The quantitative estimate of drug-likeness (QED) is 0.754. The molecule has 0 aliphatic carbocycles. The van der Waals surface area contributed by atoms with Gasteiger partial charge in [0, 0.05) is 19.4 Å². The Hall–Kier alpha value is -3.09. The largest absolute Gasteiger partial charge is 0.490 e. The number of carbonyl (C=O) groups is 1. The molecule has 24 heavy (non-hydrogen) atoms. The highest BCUT2D eigenvalue weighted by Gasteiger charge is 2.14. The summed E-state index contributed by atoms with van der Waals surface area (Å²) >= 11 is 0. The van der Waals surface area contributed by atoms with Gasteiger partial charge in [-0.25, -0.2) is 4.98 Å². The predicted octanol–water partition coefficient (Wildman–Crippen LogP) is 2.26. The lowest BCUT2D eigenvalue weighted by molar-refractivity contribution is 0.101. The molecule has 1 aromatic carbocycles. The van der Waals surface area contributed by atoms with Gasteiger partial charge in [0.2, 0.25) is 0 Å². The molecule has 1 N–H and O–H groups in total. The second-order valence-electron chi connectivity index (χ2n) is 5.39. The predicted molar refractivity (Wildman–Crippen MR) is 90.1 cm³/mol. The molecule has 2 heterocycles. The van der Waals surface area contributed by atoms with Gasteiger partial charge in [-0.1, -0.05) is 12.1 Å². The highest BCUT2D eigenvalue weighted by Crippen LogP contribution is 2.24. The first-order chi connectivity index (χ1) is 11.6. The van der Waals surface area contributed by atoms with Crippen molar-refractivity contribution in [2.24, 2.45) is 7.05 Å². The number of para-hydroxylation sites is 2. The van der Waals surface area contributed by atoms with Crippen LogP contribution >= 0.6 is 0 Å². The second-order valence-corrected chi connectivity index (χ2v) is 5.39. The molecule has 7 nitrogen and oxygen atoms in total. The monoisotopic (exact) mass is 325 g/mol. The lowest BCUT2D eigenvalue weighted by Gasteiger charge is -2.12. The summed E-state index contributed by atoms with van der Waals surface area (Å²) in [6.07, 6.45) is 5.34. The maximum Gasteiger partial charge on any atom is 0.274 e. The van der Waals surface area contributed by atoms with Crippen molar-refractivity contribution in [3.8, 4) is 5.75 Å². The summed E-state index contributed by atoms with van der Waals surface area (Å²) in [7, 11) is 1.75. The van der Waals surface area contributed by atoms with Crippen LogP contribution in [-0.2, 0) is 13.6 Å². The van der Waals surface area contributed by atoms with Gasteiger partial charge in [0.25, 0.3) is 5.91 Å². The van der Waals surface area contributed by atoms with E-state index in [4.69, 9.17) is 4.74 Å². The zero-order chi connectivity index (χ0) is 16.9. The molecule has 0 bridgehead atoms. The Morgan fingerprint density at radius 2 is 2.17 bits per heavy atom. The number of rotatable bonds is 6. The third-order valence-corrected chi connectivity index (χ3v) is 3.54. The zero-order valence-corrected chi connectivity index (χ0v) is 13.6. The van der Waals surface area contributed by atoms with E-state index >= 15 is 0 Å². The van der Waals surface area contributed by atoms with Crippen LogP contribution in [0.4, 0.5) is 5.69 Å². The van der Waals surface area contributed by atoms with Crippen LogP contribution in [0.5, 0.6) is 5.75 Å². The van der Waals surface area contributed by atoms with Crippen molar-refractivity contribution in [2.75, 3.05) is 11.9 Å². The Kier molecular flexibility index (Phi) is 4.60. The van der Waals surface area contributed by atoms with Gasteiger partial charge in [-0.15, -0.1) is 0 Å². The first-order valence-corrected chi connectivity index (χ1v) is 7.63. The summed E-state index contributed by atoms with van der Waals surface area (Å²) in [5.74, 6) is 0.411. The molecule has 7 heteroatoms. The average Bonchev–Trinajstić information content (AvgIpc) is 3.18. The highest BCUT2D eigenvalue weighted by molar-refractivity contribution is 6.03. The third-order valence-electron chi connectivity index (χ3n) is 3.54. The summed E-state index contributed by atoms with van der Waals surface area (Å²) in [5.41, 5.74) is 1.93. The van der Waals surface area contributed by atoms with Gasteiger partial charge in [-0.2, -0.15) is 5.10 Å². The zero-order valence-electron chi connectivity index (χ0n) is 13.6. The van der Waals surface area contributed by atoms with Crippen LogP contribution < -0.4 is 10.1 Å². The Balaban J connectivity index is 1.67. The van der Waals surface area contributed by atoms with Crippen LogP contribution in [0.2, 0.25) is 0 Å². The summed E-state index contributed by atoms with van der Waals surface area (Å²) in [5, 5.41) is 7.07. The maximum atomic E-state index is 12.4. The fourth-order valence-corrected chi connectivity index (χ4v) is 2.39. The van der Waals surface area contributed by atoms with Crippen LogP contribution in [0.1, 0.15) is 16.2 Å². The molecular weight excluding hydrogens is 306 g/mol. The standard InChI is InChI=1S/C17H19N5O2/c1-13-11-15(21(2)20-13)17(23)19-14-5-3-4-6-16(14)24-10-9-22-8-7-18-12-22/h3-8,11-12H,9-10H2,1-2H3,(H,19,23). The summed E-state index contributed by atoms with van der Waals surface area (Å²) in [4.78, 5) is 16.4. The summed E-state index contributed by atoms with van der Waals surface area (Å²) < 4.78 is 9.29. The Morgan fingerprint density at radius 1 is 1.33 bits per heavy atom. The van der Waals surface area contributed by atoms with Crippen molar-refractivity contribution >= 4 is 11.6 Å². The molecule has 0 saturated heterocycles. The number of anilines is 1. The molecule has 0 unspecified atom stereocenters. The SMILES string of the molecule is Cc1cc(C(=O)Nc2ccccc2OCCn2ccnc2)n(C)n1. The van der Waals surface area contributed by atoms with Crippen molar-refractivity contribution in [2.45, 2.75) is 13.5 Å². The van der Waals surface area contributed by atoms with Crippen molar-refractivity contribution in [3.63, 3.8) is 0 Å². The molecule has 0 radical (unpaired) electrons. The van der Waals surface area contributed by atoms with Crippen LogP contribution in [0.25, 0.3) is 0 Å². The molecule has 0 spiro atoms. The van der Waals surface area contributed by atoms with Crippen molar-refractivity contribution in [1.82, 2.24) is 19.3 Å². The molecule has 0 atom stereocenters. The topological polar surface area (TPSA) is 74.0 Å². The number of amides is 1. The fourth-order valence-electron chi connectivity index (χ4n) is 2.39. The molecule has 3 rings (SSSR count). The molecule has 2 aromatic heterocycles. The Labute approximate surface area is 139 Å². The lowest BCUT2D eigenvalue weighted by atomic mass is 10.2. The minimum Gasteiger partial charge on any atom is -0.490 e. The summed E-state index contributed by atoms with van der Waals surface area (Å²) in [6.45, 7) is 3.02. The molecular formula is C17H19N5O2. The minimum absolute atomic E-state index is 0.219. The van der Waals surface area contributed by atoms with Crippen LogP contribution in [0.15, 0.2) is 49.1 Å². The summed E-state index contributed by atoms with van der Waals surface area (Å²) in [6, 6.07) is 9.12. The number of benzene rings is 1. The van der Waals surface area contributed by atoms with E-state index in [1.165, 1.54) is 0 Å². The van der Waals surface area contributed by atoms with Crippen LogP contribution in [0.3, 0.4) is 0 Å². The van der Waals surface area contributed by atoms with Crippen molar-refractivity contribution in [3.05, 3.63) is 60.4 Å². The number of nitrogens with zero attached hydrogens (tertiary/aromatic N) is 4. The van der Waals surface area contributed by atoms with Crippen molar-refractivity contribution in [1.29, 1.82) is 0 Å². The molecule has 0 aliphatic rings. The van der Waals surface area contributed by atoms with Gasteiger partial charge in [0.05, 0.1) is 24.3 Å². The molecule has 0 fully saturated rings. The van der Waals surface area contributed by atoms with Gasteiger partial charge in [0.1, 0.15) is 18.1 Å². The number of nitrogens with one attached hydrogen (secondary N) is 1. The Morgan fingerprint density at radius 3 is 2.88 bits per heavy atom.